The number of amides is 1. The number of hydrogen-bond acceptors (Lipinski definition) is 3. The molecule has 22 heavy (non-hydrogen) atoms. The molecule has 6 heteroatoms. The van der Waals surface area contributed by atoms with Gasteiger partial charge in [-0.15, -0.1) is 0 Å². The minimum atomic E-state index is -0.0244. The Labute approximate surface area is 132 Å². The van der Waals surface area contributed by atoms with Crippen molar-refractivity contribution in [2.75, 3.05) is 20.2 Å². The molecule has 0 aliphatic rings. The van der Waals surface area contributed by atoms with Crippen LogP contribution in [0.15, 0.2) is 46.2 Å². The molecule has 122 valence electrons. The van der Waals surface area contributed by atoms with Crippen LogP contribution in [0.4, 0.5) is 0 Å². The van der Waals surface area contributed by atoms with Crippen LogP contribution in [0.25, 0.3) is 0 Å². The second kappa shape index (κ2) is 13.6. The highest BCUT2D eigenvalue weighted by Gasteiger charge is 1.95. The summed E-state index contributed by atoms with van der Waals surface area (Å²) in [6, 6.07) is 0. The Morgan fingerprint density at radius 2 is 2.09 bits per heavy atom. The summed E-state index contributed by atoms with van der Waals surface area (Å²) in [6.45, 7) is 6.44. The maximum atomic E-state index is 10.7. The number of nitrogens with zero attached hydrogens (tertiary/aromatic N) is 2. The summed E-state index contributed by atoms with van der Waals surface area (Å²) < 4.78 is 5.33. The maximum Gasteiger partial charge on any atom is 0.221 e. The predicted octanol–water partition coefficient (Wildman–Crippen LogP) is 2.17. The Bertz CT molecular complexity index is 463. The lowest BCUT2D eigenvalue weighted by atomic mass is 10.3. The highest BCUT2D eigenvalue weighted by atomic mass is 16.5. The molecule has 0 radical (unpaired) electrons. The summed E-state index contributed by atoms with van der Waals surface area (Å²) >= 11 is 0. The fourth-order valence-electron chi connectivity index (χ4n) is 1.40. The maximum absolute atomic E-state index is 10.7. The normalized spacial score (nSPS) is 13.3. The Balaban J connectivity index is 4.26. The zero-order valence-corrected chi connectivity index (χ0v) is 13.8. The molecule has 0 heterocycles. The summed E-state index contributed by atoms with van der Waals surface area (Å²) in [4.78, 5) is 18.8. The minimum absolute atomic E-state index is 0.0244. The minimum Gasteiger partial charge on any atom is -0.501 e. The highest BCUT2D eigenvalue weighted by molar-refractivity contribution is 5.88. The molecular formula is C16H26N4O2. The second-order valence-corrected chi connectivity index (χ2v) is 4.22. The summed E-state index contributed by atoms with van der Waals surface area (Å²) in [5.41, 5.74) is 0.854. The van der Waals surface area contributed by atoms with Gasteiger partial charge in [0.05, 0.1) is 12.9 Å². The van der Waals surface area contributed by atoms with Crippen LogP contribution < -0.4 is 10.6 Å². The smallest absolute Gasteiger partial charge is 0.221 e. The predicted molar refractivity (Wildman–Crippen MR) is 92.0 cm³/mol. The van der Waals surface area contributed by atoms with Gasteiger partial charge in [0.1, 0.15) is 0 Å². The van der Waals surface area contributed by atoms with Gasteiger partial charge in [0.25, 0.3) is 0 Å². The quantitative estimate of drug-likeness (QED) is 0.237. The average Bonchev–Trinajstić information content (AvgIpc) is 2.49. The second-order valence-electron chi connectivity index (χ2n) is 4.22. The molecule has 0 unspecified atom stereocenters. The molecule has 2 N–H and O–H groups in total. The van der Waals surface area contributed by atoms with E-state index >= 15 is 0 Å². The van der Waals surface area contributed by atoms with Gasteiger partial charge in [0, 0.05) is 32.4 Å². The number of carbonyl (C=O) groups excluding carboxylic acids is 1. The number of carbonyl (C=O) groups is 1. The van der Waals surface area contributed by atoms with E-state index in [0.29, 0.717) is 19.1 Å². The molecule has 0 aromatic heterocycles. The van der Waals surface area contributed by atoms with Crippen molar-refractivity contribution in [2.45, 2.75) is 27.2 Å². The van der Waals surface area contributed by atoms with Gasteiger partial charge in [-0.05, 0) is 38.5 Å². The molecule has 0 rings (SSSR count). The molecule has 0 spiro atoms. The average molecular weight is 306 g/mol. The molecule has 1 amide bonds. The summed E-state index contributed by atoms with van der Waals surface area (Å²) in [5.74, 6) is 0.514. The summed E-state index contributed by atoms with van der Waals surface area (Å²) in [5, 5.41) is 5.81. The number of hydrogen-bond donors (Lipinski definition) is 2. The van der Waals surface area contributed by atoms with Crippen molar-refractivity contribution in [2.24, 2.45) is 9.98 Å². The van der Waals surface area contributed by atoms with Crippen molar-refractivity contribution in [3.05, 3.63) is 36.3 Å². The monoisotopic (exact) mass is 306 g/mol. The molecule has 0 aliphatic heterocycles. The number of rotatable bonds is 8. The zero-order chi connectivity index (χ0) is 16.6. The van der Waals surface area contributed by atoms with Crippen molar-refractivity contribution >= 4 is 18.1 Å². The van der Waals surface area contributed by atoms with Crippen molar-refractivity contribution < 1.29 is 9.53 Å². The molecule has 0 saturated carbocycles. The lowest BCUT2D eigenvalue weighted by molar-refractivity contribution is -0.118. The summed E-state index contributed by atoms with van der Waals surface area (Å²) in [7, 11) is 1.68. The van der Waals surface area contributed by atoms with E-state index in [4.69, 9.17) is 4.74 Å². The van der Waals surface area contributed by atoms with Crippen LogP contribution >= 0.6 is 0 Å². The SMILES string of the molecule is CC=NC(=NC)NC(/C=C\C)=C/C=C/OCCCNC(C)=O. The first-order valence-electron chi connectivity index (χ1n) is 7.22. The molecule has 0 aliphatic carbocycles. The Morgan fingerprint density at radius 3 is 2.68 bits per heavy atom. The van der Waals surface area contributed by atoms with Gasteiger partial charge in [0.2, 0.25) is 11.9 Å². The molecule has 0 saturated heterocycles. The van der Waals surface area contributed by atoms with Crippen LogP contribution in [0.5, 0.6) is 0 Å². The van der Waals surface area contributed by atoms with Gasteiger partial charge in [-0.2, -0.15) is 0 Å². The topological polar surface area (TPSA) is 75.1 Å². The first-order valence-corrected chi connectivity index (χ1v) is 7.22. The first-order chi connectivity index (χ1) is 10.6. The first kappa shape index (κ1) is 19.6. The van der Waals surface area contributed by atoms with Crippen LogP contribution in [-0.2, 0) is 9.53 Å². The highest BCUT2D eigenvalue weighted by Crippen LogP contribution is 1.95. The van der Waals surface area contributed by atoms with Crippen LogP contribution in [0.3, 0.4) is 0 Å². The van der Waals surface area contributed by atoms with E-state index in [9.17, 15) is 4.79 Å². The van der Waals surface area contributed by atoms with Crippen LogP contribution in [0, 0.1) is 0 Å². The van der Waals surface area contributed by atoms with Crippen LogP contribution in [0.2, 0.25) is 0 Å². The van der Waals surface area contributed by atoms with Crippen molar-refractivity contribution in [3.63, 3.8) is 0 Å². The van der Waals surface area contributed by atoms with E-state index in [2.05, 4.69) is 20.6 Å². The van der Waals surface area contributed by atoms with Crippen molar-refractivity contribution in [3.8, 4) is 0 Å². The lowest BCUT2D eigenvalue weighted by Gasteiger charge is -2.05. The Morgan fingerprint density at radius 1 is 1.32 bits per heavy atom. The fraction of sp³-hybridized carbons (Fsp3) is 0.438. The van der Waals surface area contributed by atoms with Crippen molar-refractivity contribution in [1.82, 2.24) is 10.6 Å². The van der Waals surface area contributed by atoms with Crippen LogP contribution in [0.1, 0.15) is 27.2 Å². The van der Waals surface area contributed by atoms with Gasteiger partial charge >= 0.3 is 0 Å². The van der Waals surface area contributed by atoms with E-state index in [1.54, 1.807) is 25.6 Å². The molecule has 6 nitrogen and oxygen atoms in total. The Kier molecular flexibility index (Phi) is 12.1. The van der Waals surface area contributed by atoms with E-state index in [0.717, 1.165) is 12.1 Å². The van der Waals surface area contributed by atoms with Gasteiger partial charge in [-0.3, -0.25) is 9.79 Å². The third kappa shape index (κ3) is 11.5. The third-order valence-corrected chi connectivity index (χ3v) is 2.33. The lowest BCUT2D eigenvalue weighted by Crippen LogP contribution is -2.21. The fourth-order valence-corrected chi connectivity index (χ4v) is 1.40. The summed E-state index contributed by atoms with van der Waals surface area (Å²) in [6.07, 6.45) is 11.6. The molecule has 0 fully saturated rings. The number of ether oxygens (including phenoxy) is 1. The van der Waals surface area contributed by atoms with Crippen molar-refractivity contribution in [1.29, 1.82) is 0 Å². The van der Waals surface area contributed by atoms with Crippen LogP contribution in [-0.4, -0.2) is 38.3 Å². The number of nitrogens with one attached hydrogen (secondary N) is 2. The standard InChI is InChI=1S/C16H26N4O2/c1-5-9-15(20-16(17-4)18-6-2)10-7-12-22-13-8-11-19-14(3)21/h5-7,9-10,12H,8,11,13H2,1-4H3,(H,17,20)(H,19,21)/b9-5-,12-7+,15-10+,18-6?. The van der Waals surface area contributed by atoms with Gasteiger partial charge in [-0.1, -0.05) is 6.08 Å². The largest absolute Gasteiger partial charge is 0.501 e. The number of guanidine groups is 1. The van der Waals surface area contributed by atoms with Gasteiger partial charge < -0.3 is 15.4 Å². The number of allylic oxidation sites excluding steroid dienone is 4. The Hall–Kier alpha value is -2.37. The molecule has 0 aromatic rings. The van der Waals surface area contributed by atoms with E-state index < -0.39 is 0 Å². The van der Waals surface area contributed by atoms with Gasteiger partial charge in [-0.25, -0.2) is 4.99 Å². The number of aliphatic imine (C=N–C) groups is 2. The van der Waals surface area contributed by atoms with Gasteiger partial charge in [0.15, 0.2) is 0 Å². The molecule has 0 bridgehead atoms. The van der Waals surface area contributed by atoms with E-state index in [-0.39, 0.29) is 5.91 Å². The zero-order valence-electron chi connectivity index (χ0n) is 13.8. The third-order valence-electron chi connectivity index (χ3n) is 2.33. The molecular weight excluding hydrogens is 280 g/mol. The van der Waals surface area contributed by atoms with E-state index in [1.807, 2.05) is 32.1 Å². The molecule has 0 aromatic carbocycles. The molecule has 0 atom stereocenters. The van der Waals surface area contributed by atoms with E-state index in [1.165, 1.54) is 6.92 Å².